The number of benzene rings is 10. The molecule has 0 aliphatic rings. The van der Waals surface area contributed by atoms with E-state index in [1.54, 1.807) is 30.3 Å². The van der Waals surface area contributed by atoms with E-state index in [0.29, 0.717) is 33.5 Å². The SMILES string of the molecule is [2H]c1c([2H])c(N(c2ccccc2-c2ccc3oc4c5ccccc5ccc4c3c2)c2c([2H])c([2H])c(-c3cccc4ccccc34)c([2H])c2[2H])c([2H])c([2H])c1-c1ccc(-c2ccccc2)cc1. The smallest absolute Gasteiger partial charge is 0.143 e. The number of anilines is 3. The van der Waals surface area contributed by atoms with Gasteiger partial charge in [0.25, 0.3) is 0 Å². The van der Waals surface area contributed by atoms with Crippen molar-refractivity contribution in [1.82, 2.24) is 0 Å². The summed E-state index contributed by atoms with van der Waals surface area (Å²) in [5.41, 5.74) is 5.76. The number of hydrogen-bond acceptors (Lipinski definition) is 2. The van der Waals surface area contributed by atoms with Crippen LogP contribution in [0.4, 0.5) is 17.1 Å². The van der Waals surface area contributed by atoms with Crippen molar-refractivity contribution in [3.63, 3.8) is 0 Å². The summed E-state index contributed by atoms with van der Waals surface area (Å²) in [5.74, 6) is 0. The maximum atomic E-state index is 9.73. The molecule has 0 saturated heterocycles. The van der Waals surface area contributed by atoms with Crippen LogP contribution in [0, 0.1) is 0 Å². The second-order valence-electron chi connectivity index (χ2n) is 14.2. The lowest BCUT2D eigenvalue weighted by Crippen LogP contribution is -2.11. The largest absolute Gasteiger partial charge is 0.455 e. The first-order chi connectivity index (χ1) is 32.1. The van der Waals surface area contributed by atoms with Crippen LogP contribution in [-0.4, -0.2) is 0 Å². The highest BCUT2D eigenvalue weighted by molar-refractivity contribution is 6.15. The van der Waals surface area contributed by atoms with Gasteiger partial charge in [0, 0.05) is 33.1 Å². The molecule has 1 aromatic heterocycles. The van der Waals surface area contributed by atoms with Crippen LogP contribution >= 0.6 is 0 Å². The Bertz CT molecular complexity index is 3690. The van der Waals surface area contributed by atoms with E-state index in [4.69, 9.17) is 4.42 Å². The van der Waals surface area contributed by atoms with Crippen LogP contribution in [0.5, 0.6) is 0 Å². The molecule has 0 N–H and O–H groups in total. The van der Waals surface area contributed by atoms with E-state index in [-0.39, 0.29) is 46.7 Å². The molecule has 0 amide bonds. The van der Waals surface area contributed by atoms with E-state index >= 15 is 0 Å². The first kappa shape index (κ1) is 26.2. The molecule has 0 unspecified atom stereocenters. The maximum absolute atomic E-state index is 9.73. The molecule has 0 spiro atoms. The fraction of sp³-hybridized carbons (Fsp3) is 0. The normalized spacial score (nSPS) is 13.4. The van der Waals surface area contributed by atoms with Crippen LogP contribution in [0.25, 0.3) is 88.0 Å². The highest BCUT2D eigenvalue weighted by Crippen LogP contribution is 2.44. The summed E-state index contributed by atoms with van der Waals surface area (Å²) in [6.45, 7) is 0. The van der Waals surface area contributed by atoms with Crippen LogP contribution < -0.4 is 4.90 Å². The average molecular weight is 748 g/mol. The van der Waals surface area contributed by atoms with Gasteiger partial charge in [-0.05, 0) is 104 Å². The van der Waals surface area contributed by atoms with Crippen LogP contribution in [-0.2, 0) is 0 Å². The molecular weight excluding hydrogens is 703 g/mol. The predicted molar refractivity (Wildman–Crippen MR) is 245 cm³/mol. The fourth-order valence-corrected chi connectivity index (χ4v) is 7.96. The summed E-state index contributed by atoms with van der Waals surface area (Å²) < 4.78 is 83.4. The summed E-state index contributed by atoms with van der Waals surface area (Å²) >= 11 is 0. The van der Waals surface area contributed by atoms with Gasteiger partial charge in [0.2, 0.25) is 0 Å². The van der Waals surface area contributed by atoms with E-state index in [2.05, 4.69) is 6.07 Å². The van der Waals surface area contributed by atoms with Gasteiger partial charge < -0.3 is 9.32 Å². The summed E-state index contributed by atoms with van der Waals surface area (Å²) in [5, 5.41) is 5.43. The Morgan fingerprint density at radius 1 is 0.345 bits per heavy atom. The standard InChI is InChI=1S/C56H37NO/c1-2-11-38(12-3-1)39-21-23-40(24-22-39)41-25-31-46(32-26-41)57(47-33-27-44(28-34-47)49-19-10-15-42-13-4-6-16-48(42)49)54-20-9-8-17-50(54)45-30-36-55-53(37-45)52-35-29-43-14-5-7-18-51(43)56(52)58-55/h1-37H/i25D,26D,27D,28D,31D,32D,33D,34D. The maximum Gasteiger partial charge on any atom is 0.143 e. The van der Waals surface area contributed by atoms with Gasteiger partial charge in [-0.25, -0.2) is 0 Å². The zero-order valence-corrected chi connectivity index (χ0v) is 31.1. The molecule has 2 heteroatoms. The molecule has 0 aliphatic heterocycles. The Balaban J connectivity index is 1.16. The number of hydrogen-bond donors (Lipinski definition) is 0. The van der Waals surface area contributed by atoms with Crippen molar-refractivity contribution in [2.24, 2.45) is 0 Å². The van der Waals surface area contributed by atoms with Crippen molar-refractivity contribution < 1.29 is 15.4 Å². The van der Waals surface area contributed by atoms with Crippen molar-refractivity contribution in [2.75, 3.05) is 4.90 Å². The molecule has 58 heavy (non-hydrogen) atoms. The first-order valence-corrected chi connectivity index (χ1v) is 19.2. The summed E-state index contributed by atoms with van der Waals surface area (Å²) in [4.78, 5) is 1.39. The summed E-state index contributed by atoms with van der Waals surface area (Å²) in [6, 6.07) is 52.5. The highest BCUT2D eigenvalue weighted by atomic mass is 16.3. The molecule has 0 aliphatic carbocycles. The van der Waals surface area contributed by atoms with E-state index in [9.17, 15) is 11.0 Å². The van der Waals surface area contributed by atoms with Gasteiger partial charge in [0.1, 0.15) is 11.2 Å². The third kappa shape index (κ3) is 5.91. The van der Waals surface area contributed by atoms with Crippen LogP contribution in [0.3, 0.4) is 0 Å². The van der Waals surface area contributed by atoms with Crippen molar-refractivity contribution in [3.8, 4) is 44.5 Å². The summed E-state index contributed by atoms with van der Waals surface area (Å²) in [7, 11) is 0. The van der Waals surface area contributed by atoms with Crippen molar-refractivity contribution >= 4 is 60.5 Å². The lowest BCUT2D eigenvalue weighted by molar-refractivity contribution is 0.672. The summed E-state index contributed by atoms with van der Waals surface area (Å²) in [6.07, 6.45) is 0. The third-order valence-electron chi connectivity index (χ3n) is 10.8. The zero-order valence-electron chi connectivity index (χ0n) is 39.1. The molecule has 0 radical (unpaired) electrons. The second-order valence-corrected chi connectivity index (χ2v) is 14.2. The Morgan fingerprint density at radius 2 is 0.897 bits per heavy atom. The molecule has 272 valence electrons. The van der Waals surface area contributed by atoms with Crippen molar-refractivity contribution in [3.05, 3.63) is 224 Å². The van der Waals surface area contributed by atoms with E-state index in [1.807, 2.05) is 140 Å². The van der Waals surface area contributed by atoms with Crippen molar-refractivity contribution in [2.45, 2.75) is 0 Å². The second kappa shape index (κ2) is 14.1. The van der Waals surface area contributed by atoms with Gasteiger partial charge in [0.15, 0.2) is 0 Å². The van der Waals surface area contributed by atoms with E-state index in [1.165, 1.54) is 4.90 Å². The van der Waals surface area contributed by atoms with Gasteiger partial charge in [-0.15, -0.1) is 0 Å². The number of furan rings is 1. The predicted octanol–water partition coefficient (Wildman–Crippen LogP) is 16.0. The van der Waals surface area contributed by atoms with Crippen LogP contribution in [0.15, 0.2) is 229 Å². The minimum absolute atomic E-state index is 0.0947. The number of rotatable bonds is 7. The molecule has 0 atom stereocenters. The van der Waals surface area contributed by atoms with E-state index in [0.717, 1.165) is 49.0 Å². The van der Waals surface area contributed by atoms with Gasteiger partial charge in [0.05, 0.1) is 16.7 Å². The Kier molecular flexibility index (Phi) is 6.38. The van der Waals surface area contributed by atoms with Gasteiger partial charge >= 0.3 is 0 Å². The molecule has 10 aromatic carbocycles. The van der Waals surface area contributed by atoms with Crippen molar-refractivity contribution in [1.29, 1.82) is 0 Å². The lowest BCUT2D eigenvalue weighted by Gasteiger charge is -2.28. The highest BCUT2D eigenvalue weighted by Gasteiger charge is 2.19. The molecule has 11 rings (SSSR count). The van der Waals surface area contributed by atoms with Gasteiger partial charge in [-0.3, -0.25) is 0 Å². The average Bonchev–Trinajstić information content (AvgIpc) is 3.74. The van der Waals surface area contributed by atoms with Gasteiger partial charge in [-0.2, -0.15) is 0 Å². The Labute approximate surface area is 348 Å². The molecular formula is C56H37NO. The minimum atomic E-state index is -0.411. The molecule has 0 bridgehead atoms. The third-order valence-corrected chi connectivity index (χ3v) is 10.8. The molecule has 1 heterocycles. The monoisotopic (exact) mass is 747 g/mol. The Morgan fingerprint density at radius 3 is 1.66 bits per heavy atom. The minimum Gasteiger partial charge on any atom is -0.455 e. The Hall–Kier alpha value is -7.68. The number of fused-ring (bicyclic) bond motifs is 6. The lowest BCUT2D eigenvalue weighted by atomic mass is 9.97. The first-order valence-electron chi connectivity index (χ1n) is 23.2. The fourth-order valence-electron chi connectivity index (χ4n) is 7.96. The molecule has 2 nitrogen and oxygen atoms in total. The molecule has 0 fully saturated rings. The van der Waals surface area contributed by atoms with Crippen LogP contribution in [0.2, 0.25) is 0 Å². The number of para-hydroxylation sites is 1. The van der Waals surface area contributed by atoms with Gasteiger partial charge in [-0.1, -0.05) is 176 Å². The molecule has 0 saturated carbocycles. The van der Waals surface area contributed by atoms with E-state index < -0.39 is 24.2 Å². The molecule has 11 aromatic rings. The topological polar surface area (TPSA) is 16.4 Å². The number of nitrogens with zero attached hydrogens (tertiary/aromatic N) is 1. The quantitative estimate of drug-likeness (QED) is 0.161. The van der Waals surface area contributed by atoms with Crippen LogP contribution in [0.1, 0.15) is 11.0 Å². The zero-order chi connectivity index (χ0) is 45.4.